The highest BCUT2D eigenvalue weighted by atomic mass is 16.2. The summed E-state index contributed by atoms with van der Waals surface area (Å²) in [6, 6.07) is 8.33. The Kier molecular flexibility index (Phi) is 5.25. The van der Waals surface area contributed by atoms with Gasteiger partial charge in [-0.25, -0.2) is 4.98 Å². The second-order valence-electron chi connectivity index (χ2n) is 8.09. The number of H-pyrrole nitrogens is 1. The number of carbonyl (C=O) groups is 1. The van der Waals surface area contributed by atoms with E-state index in [1.807, 2.05) is 12.1 Å². The topological polar surface area (TPSA) is 61.0 Å². The summed E-state index contributed by atoms with van der Waals surface area (Å²) >= 11 is 0. The van der Waals surface area contributed by atoms with E-state index in [0.29, 0.717) is 11.8 Å². The molecule has 140 valence electrons. The first-order valence-electron chi connectivity index (χ1n) is 10.1. The van der Waals surface area contributed by atoms with Crippen LogP contribution in [0.5, 0.6) is 0 Å². The molecule has 2 heterocycles. The number of benzene rings is 1. The van der Waals surface area contributed by atoms with E-state index in [-0.39, 0.29) is 11.9 Å². The molecule has 1 aliphatic carbocycles. The van der Waals surface area contributed by atoms with E-state index >= 15 is 0 Å². The summed E-state index contributed by atoms with van der Waals surface area (Å²) in [5.41, 5.74) is 2.20. The van der Waals surface area contributed by atoms with Gasteiger partial charge in [0, 0.05) is 12.5 Å². The zero-order chi connectivity index (χ0) is 17.9. The van der Waals surface area contributed by atoms with Crippen molar-refractivity contribution in [2.45, 2.75) is 56.9 Å². The number of piperidine rings is 1. The van der Waals surface area contributed by atoms with Crippen LogP contribution in [0.25, 0.3) is 11.0 Å². The molecular weight excluding hydrogens is 324 g/mol. The number of fused-ring (bicyclic) bond motifs is 1. The maximum Gasteiger partial charge on any atom is 0.237 e. The van der Waals surface area contributed by atoms with Gasteiger partial charge < -0.3 is 10.3 Å². The summed E-state index contributed by atoms with van der Waals surface area (Å²) in [5, 5.41) is 3.22. The predicted molar refractivity (Wildman–Crippen MR) is 104 cm³/mol. The van der Waals surface area contributed by atoms with Crippen LogP contribution < -0.4 is 5.32 Å². The molecule has 1 aromatic carbocycles. The van der Waals surface area contributed by atoms with Crippen LogP contribution in [0.2, 0.25) is 0 Å². The molecule has 0 spiro atoms. The lowest BCUT2D eigenvalue weighted by atomic mass is 9.81. The van der Waals surface area contributed by atoms with Crippen molar-refractivity contribution in [3.05, 3.63) is 30.1 Å². The van der Waals surface area contributed by atoms with Crippen LogP contribution in [-0.2, 0) is 4.79 Å². The number of nitrogens with one attached hydrogen (secondary N) is 2. The van der Waals surface area contributed by atoms with Gasteiger partial charge in [0.1, 0.15) is 5.82 Å². The number of likely N-dealkylation sites (tertiary alicyclic amines) is 1. The van der Waals surface area contributed by atoms with Gasteiger partial charge in [-0.1, -0.05) is 18.6 Å². The number of likely N-dealkylation sites (N-methyl/N-ethyl adjacent to an activating group) is 1. The van der Waals surface area contributed by atoms with Crippen LogP contribution in [0.4, 0.5) is 0 Å². The average Bonchev–Trinajstić information content (AvgIpc) is 3.11. The molecule has 1 aromatic heterocycles. The third-order valence-corrected chi connectivity index (χ3v) is 6.28. The van der Waals surface area contributed by atoms with E-state index in [9.17, 15) is 4.79 Å². The Balaban J connectivity index is 1.26. The highest BCUT2D eigenvalue weighted by Crippen LogP contribution is 2.35. The molecule has 2 aromatic rings. The van der Waals surface area contributed by atoms with E-state index in [2.05, 4.69) is 34.4 Å². The van der Waals surface area contributed by atoms with Gasteiger partial charge in [-0.2, -0.15) is 0 Å². The van der Waals surface area contributed by atoms with Crippen molar-refractivity contribution in [1.29, 1.82) is 0 Å². The molecule has 1 aliphatic heterocycles. The largest absolute Gasteiger partial charge is 0.354 e. The lowest BCUT2D eigenvalue weighted by molar-refractivity contribution is -0.127. The lowest BCUT2D eigenvalue weighted by Crippen LogP contribution is -2.48. The van der Waals surface area contributed by atoms with Gasteiger partial charge in [0.05, 0.1) is 17.1 Å². The third kappa shape index (κ3) is 3.78. The number of carbonyl (C=O) groups excluding carboxylic acids is 1. The van der Waals surface area contributed by atoms with Crippen LogP contribution in [0, 0.1) is 5.92 Å². The molecule has 5 nitrogen and oxygen atoms in total. The van der Waals surface area contributed by atoms with E-state index in [1.54, 1.807) is 0 Å². The Bertz CT molecular complexity index is 714. The van der Waals surface area contributed by atoms with Crippen molar-refractivity contribution in [3.63, 3.8) is 0 Å². The van der Waals surface area contributed by atoms with E-state index in [1.165, 1.54) is 25.7 Å². The van der Waals surface area contributed by atoms with Crippen LogP contribution in [0.3, 0.4) is 0 Å². The number of para-hydroxylation sites is 2. The highest BCUT2D eigenvalue weighted by Gasteiger charge is 2.28. The number of aromatic amines is 1. The molecule has 2 fully saturated rings. The van der Waals surface area contributed by atoms with Gasteiger partial charge in [-0.15, -0.1) is 0 Å². The normalized spacial score (nSPS) is 27.5. The Morgan fingerprint density at radius 2 is 2.00 bits per heavy atom. The SMILES string of the molecule is CN1CCCCC1C(=O)NCC1CCC(c2nc3ccccc3[nH]2)CC1. The van der Waals surface area contributed by atoms with Crippen molar-refractivity contribution >= 4 is 16.9 Å². The maximum absolute atomic E-state index is 12.5. The molecule has 2 aliphatic rings. The van der Waals surface area contributed by atoms with Gasteiger partial charge in [-0.05, 0) is 70.2 Å². The number of rotatable bonds is 4. The Labute approximate surface area is 155 Å². The molecule has 1 atom stereocenters. The van der Waals surface area contributed by atoms with E-state index < -0.39 is 0 Å². The van der Waals surface area contributed by atoms with Crippen molar-refractivity contribution in [2.24, 2.45) is 5.92 Å². The highest BCUT2D eigenvalue weighted by molar-refractivity contribution is 5.81. The molecule has 0 bridgehead atoms. The quantitative estimate of drug-likeness (QED) is 0.884. The summed E-state index contributed by atoms with van der Waals surface area (Å²) < 4.78 is 0. The molecule has 5 heteroatoms. The van der Waals surface area contributed by atoms with Crippen molar-refractivity contribution in [3.8, 4) is 0 Å². The van der Waals surface area contributed by atoms with Crippen molar-refractivity contribution in [1.82, 2.24) is 20.2 Å². The summed E-state index contributed by atoms with van der Waals surface area (Å²) in [4.78, 5) is 22.9. The molecule has 1 saturated heterocycles. The monoisotopic (exact) mass is 354 g/mol. The fourth-order valence-electron chi connectivity index (χ4n) is 4.58. The zero-order valence-electron chi connectivity index (χ0n) is 15.7. The van der Waals surface area contributed by atoms with E-state index in [0.717, 1.165) is 49.2 Å². The first-order valence-corrected chi connectivity index (χ1v) is 10.1. The minimum atomic E-state index is 0.0793. The molecule has 2 N–H and O–H groups in total. The molecule has 1 unspecified atom stereocenters. The fraction of sp³-hybridized carbons (Fsp3) is 0.619. The molecular formula is C21H30N4O. The predicted octanol–water partition coefficient (Wildman–Crippen LogP) is 3.44. The number of nitrogens with zero attached hydrogens (tertiary/aromatic N) is 2. The smallest absolute Gasteiger partial charge is 0.237 e. The van der Waals surface area contributed by atoms with Crippen LogP contribution in [-0.4, -0.2) is 47.0 Å². The summed E-state index contributed by atoms with van der Waals surface area (Å²) in [6.07, 6.45) is 8.04. The lowest BCUT2D eigenvalue weighted by Gasteiger charge is -2.32. The van der Waals surface area contributed by atoms with Crippen LogP contribution in [0.15, 0.2) is 24.3 Å². The molecule has 1 amide bonds. The summed E-state index contributed by atoms with van der Waals surface area (Å²) in [7, 11) is 2.07. The van der Waals surface area contributed by atoms with Gasteiger partial charge >= 0.3 is 0 Å². The van der Waals surface area contributed by atoms with Gasteiger partial charge in [0.2, 0.25) is 5.91 Å². The van der Waals surface area contributed by atoms with E-state index in [4.69, 9.17) is 4.98 Å². The standard InChI is InChI=1S/C21H30N4O/c1-25-13-5-4-8-19(25)21(26)22-14-15-9-11-16(12-10-15)20-23-17-6-2-3-7-18(17)24-20/h2-3,6-7,15-16,19H,4-5,8-14H2,1H3,(H,22,26)(H,23,24). The minimum Gasteiger partial charge on any atom is -0.354 e. The zero-order valence-corrected chi connectivity index (χ0v) is 15.7. The van der Waals surface area contributed by atoms with Gasteiger partial charge in [0.25, 0.3) is 0 Å². The first kappa shape index (κ1) is 17.5. The third-order valence-electron chi connectivity index (χ3n) is 6.28. The number of amides is 1. The molecule has 0 radical (unpaired) electrons. The molecule has 4 rings (SSSR count). The number of hydrogen-bond donors (Lipinski definition) is 2. The Morgan fingerprint density at radius 1 is 1.19 bits per heavy atom. The van der Waals surface area contributed by atoms with Gasteiger partial charge in [0.15, 0.2) is 0 Å². The second-order valence-corrected chi connectivity index (χ2v) is 8.09. The average molecular weight is 354 g/mol. The van der Waals surface area contributed by atoms with Crippen LogP contribution >= 0.6 is 0 Å². The summed E-state index contributed by atoms with van der Waals surface area (Å²) in [6.45, 7) is 1.87. The number of imidazole rings is 1. The maximum atomic E-state index is 12.5. The molecule has 26 heavy (non-hydrogen) atoms. The van der Waals surface area contributed by atoms with Crippen molar-refractivity contribution < 1.29 is 4.79 Å². The molecule has 1 saturated carbocycles. The second kappa shape index (κ2) is 7.78. The number of hydrogen-bond acceptors (Lipinski definition) is 3. The Morgan fingerprint density at radius 3 is 2.77 bits per heavy atom. The van der Waals surface area contributed by atoms with Crippen molar-refractivity contribution in [2.75, 3.05) is 20.1 Å². The van der Waals surface area contributed by atoms with Gasteiger partial charge in [-0.3, -0.25) is 9.69 Å². The Hall–Kier alpha value is -1.88. The minimum absolute atomic E-state index is 0.0793. The van der Waals surface area contributed by atoms with Crippen LogP contribution in [0.1, 0.15) is 56.7 Å². The first-order chi connectivity index (χ1) is 12.7. The summed E-state index contributed by atoms with van der Waals surface area (Å²) in [5.74, 6) is 2.50. The number of aromatic nitrogens is 2. The fourth-order valence-corrected chi connectivity index (χ4v) is 4.58.